The van der Waals surface area contributed by atoms with Crippen molar-refractivity contribution >= 4 is 47.0 Å². The highest BCUT2D eigenvalue weighted by Crippen LogP contribution is 2.35. The molecule has 1 aliphatic rings. The summed E-state index contributed by atoms with van der Waals surface area (Å²) in [5.41, 5.74) is 0.639. The maximum Gasteiger partial charge on any atom is 0.330 e. The number of carbonyl (C=O) groups is 4. The smallest absolute Gasteiger partial charge is 0.330 e. The third-order valence-corrected chi connectivity index (χ3v) is 7.69. The number of nitrogens with one attached hydrogen (secondary N) is 2. The van der Waals surface area contributed by atoms with Gasteiger partial charge in [-0.05, 0) is 36.1 Å². The van der Waals surface area contributed by atoms with Crippen LogP contribution in [-0.4, -0.2) is 64.4 Å². The zero-order valence-corrected chi connectivity index (χ0v) is 24.1. The Morgan fingerprint density at radius 1 is 1.02 bits per heavy atom. The molecular formula is C30H30Cl2N4O5. The number of hydrogen-bond acceptors (Lipinski definition) is 4. The number of amides is 4. The Morgan fingerprint density at radius 3 is 2.24 bits per heavy atom. The second-order valence-electron chi connectivity index (χ2n) is 10.1. The van der Waals surface area contributed by atoms with Crippen molar-refractivity contribution in [1.29, 1.82) is 0 Å². The van der Waals surface area contributed by atoms with Crippen molar-refractivity contribution in [1.82, 2.24) is 20.4 Å². The van der Waals surface area contributed by atoms with Gasteiger partial charge < -0.3 is 25.5 Å². The van der Waals surface area contributed by atoms with E-state index in [2.05, 4.69) is 10.6 Å². The summed E-state index contributed by atoms with van der Waals surface area (Å²) in [5.74, 6) is -2.46. The Morgan fingerprint density at radius 2 is 1.63 bits per heavy atom. The number of fused-ring (bicyclic) bond motifs is 1. The normalized spacial score (nSPS) is 14.0. The van der Waals surface area contributed by atoms with Crippen LogP contribution in [-0.2, 0) is 24.3 Å². The van der Waals surface area contributed by atoms with Crippen LogP contribution in [0.4, 0.5) is 4.79 Å². The summed E-state index contributed by atoms with van der Waals surface area (Å²) in [6.45, 7) is 1.98. The standard InChI is InChI=1S/C30H30Cl2N4O5/c1-30(28(39)40,18-33-29(41)35(2)16-19-9-5-3-6-10-19)34-26(37)24-23(31)15-22-21(25(24)32)13-14-36(27(22)38)17-20-11-7-4-8-12-20/h3-12,15H,13-14,16-18H2,1-2H3,(H,33,41)(H,34,37)(H,39,40)/t30-/m1/s1. The van der Waals surface area contributed by atoms with Gasteiger partial charge in [-0.1, -0.05) is 83.9 Å². The van der Waals surface area contributed by atoms with Crippen LogP contribution >= 0.6 is 23.2 Å². The minimum atomic E-state index is -1.88. The summed E-state index contributed by atoms with van der Waals surface area (Å²) in [7, 11) is 1.58. The number of carboxylic acids is 1. The molecule has 1 atom stereocenters. The van der Waals surface area contributed by atoms with Crippen LogP contribution < -0.4 is 10.6 Å². The van der Waals surface area contributed by atoms with Crippen LogP contribution in [0.15, 0.2) is 66.7 Å². The fraction of sp³-hybridized carbons (Fsp3) is 0.267. The van der Waals surface area contributed by atoms with E-state index >= 15 is 0 Å². The van der Waals surface area contributed by atoms with E-state index in [1.165, 1.54) is 17.9 Å². The van der Waals surface area contributed by atoms with Crippen molar-refractivity contribution < 1.29 is 24.3 Å². The highest BCUT2D eigenvalue weighted by molar-refractivity contribution is 6.41. The van der Waals surface area contributed by atoms with Crippen LogP contribution in [0.25, 0.3) is 0 Å². The molecule has 3 aromatic rings. The number of benzene rings is 3. The number of carbonyl (C=O) groups excluding carboxylic acids is 3. The van der Waals surface area contributed by atoms with E-state index in [0.29, 0.717) is 37.2 Å². The molecule has 11 heteroatoms. The molecule has 41 heavy (non-hydrogen) atoms. The van der Waals surface area contributed by atoms with E-state index in [1.807, 2.05) is 60.7 Å². The molecule has 0 aromatic heterocycles. The van der Waals surface area contributed by atoms with Gasteiger partial charge in [-0.2, -0.15) is 0 Å². The third kappa shape index (κ3) is 6.81. The molecule has 1 heterocycles. The molecule has 0 fully saturated rings. The summed E-state index contributed by atoms with van der Waals surface area (Å²) in [6.07, 6.45) is 0.393. The average molecular weight is 597 g/mol. The first-order chi connectivity index (χ1) is 19.5. The van der Waals surface area contributed by atoms with E-state index < -0.39 is 30.0 Å². The largest absolute Gasteiger partial charge is 0.479 e. The lowest BCUT2D eigenvalue weighted by Crippen LogP contribution is -2.59. The molecule has 0 saturated carbocycles. The Labute approximate surface area is 248 Å². The van der Waals surface area contributed by atoms with Crippen LogP contribution in [0.2, 0.25) is 10.0 Å². The highest BCUT2D eigenvalue weighted by atomic mass is 35.5. The monoisotopic (exact) mass is 596 g/mol. The van der Waals surface area contributed by atoms with Crippen molar-refractivity contribution in [3.8, 4) is 0 Å². The van der Waals surface area contributed by atoms with E-state index in [-0.39, 0.29) is 21.5 Å². The fourth-order valence-electron chi connectivity index (χ4n) is 4.58. The molecule has 3 N–H and O–H groups in total. The number of aliphatic carboxylic acids is 1. The quantitative estimate of drug-likeness (QED) is 0.333. The van der Waals surface area contributed by atoms with Gasteiger partial charge in [0.15, 0.2) is 5.54 Å². The van der Waals surface area contributed by atoms with Gasteiger partial charge in [-0.15, -0.1) is 0 Å². The second-order valence-corrected chi connectivity index (χ2v) is 10.9. The predicted molar refractivity (Wildman–Crippen MR) is 156 cm³/mol. The van der Waals surface area contributed by atoms with E-state index in [1.54, 1.807) is 11.9 Å². The van der Waals surface area contributed by atoms with Crippen LogP contribution in [0, 0.1) is 0 Å². The van der Waals surface area contributed by atoms with E-state index in [0.717, 1.165) is 11.1 Å². The second kappa shape index (κ2) is 12.6. The van der Waals surface area contributed by atoms with Crippen molar-refractivity contribution in [2.24, 2.45) is 0 Å². The summed E-state index contributed by atoms with van der Waals surface area (Å²) in [5, 5.41) is 14.9. The van der Waals surface area contributed by atoms with Gasteiger partial charge in [0.2, 0.25) is 0 Å². The van der Waals surface area contributed by atoms with Gasteiger partial charge in [0.1, 0.15) is 0 Å². The molecule has 4 amide bonds. The van der Waals surface area contributed by atoms with Gasteiger partial charge in [0, 0.05) is 32.2 Å². The molecular weight excluding hydrogens is 567 g/mol. The topological polar surface area (TPSA) is 119 Å². The molecule has 4 rings (SSSR count). The lowest BCUT2D eigenvalue weighted by atomic mass is 9.94. The highest BCUT2D eigenvalue weighted by Gasteiger charge is 2.38. The first kappa shape index (κ1) is 29.9. The number of hydrogen-bond donors (Lipinski definition) is 3. The SMILES string of the molecule is CN(Cc1ccccc1)C(=O)NC[C@@](C)(NC(=O)c1c(Cl)cc2c(c1Cl)CCN(Cc1ccccc1)C2=O)C(=O)O. The van der Waals surface area contributed by atoms with E-state index in [9.17, 15) is 24.3 Å². The van der Waals surface area contributed by atoms with Crippen LogP contribution in [0.3, 0.4) is 0 Å². The lowest BCUT2D eigenvalue weighted by Gasteiger charge is -2.31. The number of urea groups is 1. The third-order valence-electron chi connectivity index (χ3n) is 6.98. The predicted octanol–water partition coefficient (Wildman–Crippen LogP) is 4.61. The molecule has 0 aliphatic carbocycles. The van der Waals surface area contributed by atoms with Crippen molar-refractivity contribution in [2.75, 3.05) is 20.1 Å². The lowest BCUT2D eigenvalue weighted by molar-refractivity contribution is -0.143. The van der Waals surface area contributed by atoms with Gasteiger partial charge in [0.05, 0.1) is 22.2 Å². The molecule has 0 saturated heterocycles. The average Bonchev–Trinajstić information content (AvgIpc) is 2.94. The maximum atomic E-state index is 13.3. The first-order valence-electron chi connectivity index (χ1n) is 12.9. The van der Waals surface area contributed by atoms with Gasteiger partial charge in [-0.3, -0.25) is 9.59 Å². The fourth-order valence-corrected chi connectivity index (χ4v) is 5.30. The number of nitrogens with zero attached hydrogens (tertiary/aromatic N) is 2. The van der Waals surface area contributed by atoms with Crippen LogP contribution in [0.5, 0.6) is 0 Å². The number of halogens is 2. The van der Waals surface area contributed by atoms with Gasteiger partial charge in [-0.25, -0.2) is 9.59 Å². The summed E-state index contributed by atoms with van der Waals surface area (Å²) >= 11 is 13.1. The Kier molecular flexibility index (Phi) is 9.20. The zero-order chi connectivity index (χ0) is 29.7. The molecule has 214 valence electrons. The van der Waals surface area contributed by atoms with Gasteiger partial charge >= 0.3 is 12.0 Å². The summed E-state index contributed by atoms with van der Waals surface area (Å²) in [4.78, 5) is 54.5. The minimum absolute atomic E-state index is 0.00270. The van der Waals surface area contributed by atoms with E-state index in [4.69, 9.17) is 23.2 Å². The Hall–Kier alpha value is -4.08. The maximum absolute atomic E-state index is 13.3. The van der Waals surface area contributed by atoms with Crippen molar-refractivity contribution in [3.63, 3.8) is 0 Å². The summed E-state index contributed by atoms with van der Waals surface area (Å²) in [6, 6.07) is 19.7. The Balaban J connectivity index is 1.47. The van der Waals surface area contributed by atoms with Crippen molar-refractivity contribution in [3.05, 3.63) is 105 Å². The summed E-state index contributed by atoms with van der Waals surface area (Å²) < 4.78 is 0. The molecule has 3 aromatic carbocycles. The minimum Gasteiger partial charge on any atom is -0.479 e. The van der Waals surface area contributed by atoms with Crippen molar-refractivity contribution in [2.45, 2.75) is 32.0 Å². The first-order valence-corrected chi connectivity index (χ1v) is 13.7. The molecule has 0 radical (unpaired) electrons. The molecule has 1 aliphatic heterocycles. The number of rotatable bonds is 9. The van der Waals surface area contributed by atoms with Crippen LogP contribution in [0.1, 0.15) is 44.3 Å². The molecule has 0 bridgehead atoms. The molecule has 0 spiro atoms. The number of carboxylic acid groups (broad SMARTS) is 1. The zero-order valence-electron chi connectivity index (χ0n) is 22.6. The van der Waals surface area contributed by atoms with Gasteiger partial charge in [0.25, 0.3) is 11.8 Å². The molecule has 0 unspecified atom stereocenters. The molecule has 9 nitrogen and oxygen atoms in total. The Bertz CT molecular complexity index is 1470.